The van der Waals surface area contributed by atoms with Crippen LogP contribution < -0.4 is 4.74 Å². The Hall–Kier alpha value is -1.20. The largest absolute Gasteiger partial charge is 0.491 e. The second-order valence-electron chi connectivity index (χ2n) is 2.95. The molecule has 0 saturated carbocycles. The zero-order valence-electron chi connectivity index (χ0n) is 8.73. The van der Waals surface area contributed by atoms with Gasteiger partial charge in [0.25, 0.3) is 0 Å². The summed E-state index contributed by atoms with van der Waals surface area (Å²) in [5.41, 5.74) is 0. The highest BCUT2D eigenvalue weighted by Crippen LogP contribution is 2.37. The van der Waals surface area contributed by atoms with E-state index in [2.05, 4.69) is 9.97 Å². The van der Waals surface area contributed by atoms with E-state index in [1.807, 2.05) is 13.0 Å². The lowest BCUT2D eigenvalue weighted by Gasteiger charge is -2.06. The molecule has 0 aliphatic heterocycles. The van der Waals surface area contributed by atoms with Gasteiger partial charge in [-0.05, 0) is 13.0 Å². The summed E-state index contributed by atoms with van der Waals surface area (Å²) in [6.07, 6.45) is 3.04. The highest BCUT2D eigenvalue weighted by atomic mass is 35.5. The number of aryl methyl sites for hydroxylation is 1. The van der Waals surface area contributed by atoms with E-state index in [0.29, 0.717) is 15.9 Å². The van der Waals surface area contributed by atoms with Gasteiger partial charge in [-0.2, -0.15) is 0 Å². The molecule has 2 rings (SSSR count). The first kappa shape index (κ1) is 11.3. The standard InChI is InChI=1S/C10H9ClN2O2S/c1-6-7(3-4-15-6)16-10-8(14-2)9(11)12-5-13-10/h3-5H,1-2H3. The maximum Gasteiger partial charge on any atom is 0.188 e. The van der Waals surface area contributed by atoms with Gasteiger partial charge in [-0.3, -0.25) is 0 Å². The number of hydrogen-bond acceptors (Lipinski definition) is 5. The lowest BCUT2D eigenvalue weighted by molar-refractivity contribution is 0.398. The van der Waals surface area contributed by atoms with Gasteiger partial charge in [-0.15, -0.1) is 0 Å². The molecule has 2 heterocycles. The summed E-state index contributed by atoms with van der Waals surface area (Å²) in [5, 5.41) is 0.980. The predicted octanol–water partition coefficient (Wildman–Crippen LogP) is 3.19. The van der Waals surface area contributed by atoms with Crippen molar-refractivity contribution in [2.45, 2.75) is 16.8 Å². The van der Waals surface area contributed by atoms with Crippen LogP contribution in [0.25, 0.3) is 0 Å². The minimum atomic E-state index is 0.307. The van der Waals surface area contributed by atoms with Crippen molar-refractivity contribution in [1.29, 1.82) is 0 Å². The quantitative estimate of drug-likeness (QED) is 0.790. The van der Waals surface area contributed by atoms with Gasteiger partial charge in [0.1, 0.15) is 17.1 Å². The molecule has 0 fully saturated rings. The summed E-state index contributed by atoms with van der Waals surface area (Å²) >= 11 is 7.33. The highest BCUT2D eigenvalue weighted by Gasteiger charge is 2.13. The predicted molar refractivity (Wildman–Crippen MR) is 61.2 cm³/mol. The topological polar surface area (TPSA) is 48.2 Å². The van der Waals surface area contributed by atoms with Crippen molar-refractivity contribution in [3.8, 4) is 5.75 Å². The monoisotopic (exact) mass is 256 g/mol. The van der Waals surface area contributed by atoms with Crippen molar-refractivity contribution >= 4 is 23.4 Å². The third kappa shape index (κ3) is 2.15. The molecule has 0 bridgehead atoms. The van der Waals surface area contributed by atoms with Crippen LogP contribution in [0, 0.1) is 6.92 Å². The van der Waals surface area contributed by atoms with Crippen molar-refractivity contribution in [1.82, 2.24) is 9.97 Å². The van der Waals surface area contributed by atoms with Crippen LogP contribution in [0.5, 0.6) is 5.75 Å². The molecular weight excluding hydrogens is 248 g/mol. The molecule has 0 radical (unpaired) electrons. The van der Waals surface area contributed by atoms with Gasteiger partial charge < -0.3 is 9.15 Å². The van der Waals surface area contributed by atoms with Crippen molar-refractivity contribution < 1.29 is 9.15 Å². The molecule has 2 aromatic rings. The molecule has 0 aliphatic rings. The second-order valence-corrected chi connectivity index (χ2v) is 4.33. The Morgan fingerprint density at radius 2 is 2.25 bits per heavy atom. The van der Waals surface area contributed by atoms with Crippen LogP contribution in [0.4, 0.5) is 0 Å². The van der Waals surface area contributed by atoms with E-state index >= 15 is 0 Å². The number of nitrogens with zero attached hydrogens (tertiary/aromatic N) is 2. The van der Waals surface area contributed by atoms with Gasteiger partial charge in [0.15, 0.2) is 10.9 Å². The lowest BCUT2D eigenvalue weighted by Crippen LogP contribution is -1.92. The molecule has 0 atom stereocenters. The summed E-state index contributed by atoms with van der Waals surface area (Å²) in [4.78, 5) is 8.96. The third-order valence-electron chi connectivity index (χ3n) is 1.95. The smallest absolute Gasteiger partial charge is 0.188 e. The van der Waals surface area contributed by atoms with Gasteiger partial charge in [-0.25, -0.2) is 9.97 Å². The molecule has 4 nitrogen and oxygen atoms in total. The summed E-state index contributed by atoms with van der Waals surface area (Å²) in [6.45, 7) is 1.89. The zero-order chi connectivity index (χ0) is 11.5. The molecule has 0 aliphatic carbocycles. The average molecular weight is 257 g/mol. The molecule has 84 valence electrons. The van der Waals surface area contributed by atoms with E-state index in [9.17, 15) is 0 Å². The minimum Gasteiger partial charge on any atom is -0.491 e. The third-order valence-corrected chi connectivity index (χ3v) is 3.35. The number of halogens is 1. The second kappa shape index (κ2) is 4.76. The Labute approximate surface area is 102 Å². The summed E-state index contributed by atoms with van der Waals surface area (Å²) in [5.74, 6) is 1.32. The number of rotatable bonds is 3. The normalized spacial score (nSPS) is 10.4. The number of ether oxygens (including phenoxy) is 1. The van der Waals surface area contributed by atoms with E-state index in [4.69, 9.17) is 20.8 Å². The van der Waals surface area contributed by atoms with Crippen molar-refractivity contribution in [2.24, 2.45) is 0 Å². The maximum atomic E-state index is 5.90. The van der Waals surface area contributed by atoms with Gasteiger partial charge in [-0.1, -0.05) is 23.4 Å². The first-order valence-corrected chi connectivity index (χ1v) is 5.68. The van der Waals surface area contributed by atoms with Crippen molar-refractivity contribution in [3.05, 3.63) is 29.6 Å². The molecule has 0 spiro atoms. The van der Waals surface area contributed by atoms with Crippen LogP contribution in [0.3, 0.4) is 0 Å². The SMILES string of the molecule is COc1c(Cl)ncnc1Sc1ccoc1C. The molecule has 0 N–H and O–H groups in total. The van der Waals surface area contributed by atoms with Crippen LogP contribution >= 0.6 is 23.4 Å². The number of aromatic nitrogens is 2. The number of hydrogen-bond donors (Lipinski definition) is 0. The van der Waals surface area contributed by atoms with E-state index in [1.54, 1.807) is 6.26 Å². The Balaban J connectivity index is 2.35. The van der Waals surface area contributed by atoms with Crippen LogP contribution in [-0.4, -0.2) is 17.1 Å². The van der Waals surface area contributed by atoms with Crippen LogP contribution in [-0.2, 0) is 0 Å². The van der Waals surface area contributed by atoms with Gasteiger partial charge in [0, 0.05) is 0 Å². The summed E-state index contributed by atoms with van der Waals surface area (Å²) in [7, 11) is 1.54. The molecule has 16 heavy (non-hydrogen) atoms. The highest BCUT2D eigenvalue weighted by molar-refractivity contribution is 7.99. The minimum absolute atomic E-state index is 0.307. The molecule has 6 heteroatoms. The molecule has 0 aromatic carbocycles. The van der Waals surface area contributed by atoms with Crippen LogP contribution in [0.2, 0.25) is 5.15 Å². The fraction of sp³-hybridized carbons (Fsp3) is 0.200. The summed E-state index contributed by atoms with van der Waals surface area (Å²) < 4.78 is 10.4. The molecule has 0 amide bonds. The zero-order valence-corrected chi connectivity index (χ0v) is 10.3. The van der Waals surface area contributed by atoms with Crippen LogP contribution in [0.15, 0.2) is 33.0 Å². The van der Waals surface area contributed by atoms with Crippen LogP contribution in [0.1, 0.15) is 5.76 Å². The molecule has 0 unspecified atom stereocenters. The number of furan rings is 1. The summed E-state index contributed by atoms with van der Waals surface area (Å²) in [6, 6.07) is 1.87. The average Bonchev–Trinajstić information content (AvgIpc) is 2.65. The van der Waals surface area contributed by atoms with Gasteiger partial charge in [0.2, 0.25) is 0 Å². The van der Waals surface area contributed by atoms with Crippen molar-refractivity contribution in [3.63, 3.8) is 0 Å². The Kier molecular flexibility index (Phi) is 3.36. The van der Waals surface area contributed by atoms with E-state index in [1.165, 1.54) is 25.2 Å². The van der Waals surface area contributed by atoms with E-state index in [0.717, 1.165) is 10.7 Å². The van der Waals surface area contributed by atoms with E-state index < -0.39 is 0 Å². The fourth-order valence-electron chi connectivity index (χ4n) is 1.17. The Morgan fingerprint density at radius 3 is 2.88 bits per heavy atom. The Bertz CT molecular complexity index is 501. The van der Waals surface area contributed by atoms with Gasteiger partial charge >= 0.3 is 0 Å². The number of methoxy groups -OCH3 is 1. The first-order chi connectivity index (χ1) is 7.72. The molecule has 2 aromatic heterocycles. The van der Waals surface area contributed by atoms with E-state index in [-0.39, 0.29) is 0 Å². The lowest BCUT2D eigenvalue weighted by atomic mass is 10.5. The fourth-order valence-corrected chi connectivity index (χ4v) is 2.33. The van der Waals surface area contributed by atoms with Crippen molar-refractivity contribution in [2.75, 3.05) is 7.11 Å². The molecule has 0 saturated heterocycles. The molecular formula is C10H9ClN2O2S. The van der Waals surface area contributed by atoms with Gasteiger partial charge in [0.05, 0.1) is 18.3 Å². The Morgan fingerprint density at radius 1 is 1.44 bits per heavy atom. The first-order valence-electron chi connectivity index (χ1n) is 4.49. The maximum absolute atomic E-state index is 5.90.